The van der Waals surface area contributed by atoms with Gasteiger partial charge in [-0.25, -0.2) is 0 Å². The molecule has 24 heavy (non-hydrogen) atoms. The van der Waals surface area contributed by atoms with Gasteiger partial charge in [-0.15, -0.1) is 0 Å². The van der Waals surface area contributed by atoms with Crippen molar-refractivity contribution in [1.29, 1.82) is 0 Å². The number of hydrogen-bond donors (Lipinski definition) is 3. The first-order chi connectivity index (χ1) is 11.6. The minimum atomic E-state index is -0.462. The molecule has 6 nitrogen and oxygen atoms in total. The molecular weight excluding hydrogens is 330 g/mol. The Morgan fingerprint density at radius 1 is 1.17 bits per heavy atom. The number of hydrogen-bond acceptors (Lipinski definition) is 5. The van der Waals surface area contributed by atoms with E-state index in [1.807, 2.05) is 18.2 Å². The number of aliphatic hydroxyl groups excluding tert-OH is 1. The van der Waals surface area contributed by atoms with Crippen molar-refractivity contribution in [3.8, 4) is 11.8 Å². The number of nitrogens with one attached hydrogen (secondary N) is 2. The van der Waals surface area contributed by atoms with Crippen LogP contribution in [0.25, 0.3) is 0 Å². The van der Waals surface area contributed by atoms with Gasteiger partial charge in [0.05, 0.1) is 34.5 Å². The van der Waals surface area contributed by atoms with Crippen LogP contribution in [0.1, 0.15) is 5.56 Å². The average Bonchev–Trinajstić information content (AvgIpc) is 2.58. The van der Waals surface area contributed by atoms with Gasteiger partial charge in [-0.05, 0) is 18.2 Å². The van der Waals surface area contributed by atoms with Gasteiger partial charge >= 0.3 is 0 Å². The van der Waals surface area contributed by atoms with Crippen LogP contribution >= 0.6 is 11.6 Å². The van der Waals surface area contributed by atoms with Crippen molar-refractivity contribution in [3.05, 3.63) is 63.2 Å². The Labute approximate surface area is 144 Å². The van der Waals surface area contributed by atoms with Crippen LogP contribution in [0, 0.1) is 22.0 Å². The molecule has 0 aromatic heterocycles. The zero-order valence-electron chi connectivity index (χ0n) is 12.8. The molecule has 3 N–H and O–H groups in total. The monoisotopic (exact) mass is 345 g/mol. The lowest BCUT2D eigenvalue weighted by atomic mass is 10.2. The van der Waals surface area contributed by atoms with Gasteiger partial charge in [-0.3, -0.25) is 10.1 Å². The molecule has 0 saturated heterocycles. The zero-order chi connectivity index (χ0) is 17.4. The Morgan fingerprint density at radius 3 is 2.67 bits per heavy atom. The van der Waals surface area contributed by atoms with E-state index in [9.17, 15) is 10.1 Å². The maximum atomic E-state index is 10.9. The highest BCUT2D eigenvalue weighted by atomic mass is 35.5. The molecule has 0 saturated carbocycles. The Bertz CT molecular complexity index is 784. The number of anilines is 2. The minimum absolute atomic E-state index is 0.0221. The first kappa shape index (κ1) is 17.6. The first-order valence-electron chi connectivity index (χ1n) is 7.22. The fourth-order valence-corrected chi connectivity index (χ4v) is 2.16. The first-order valence-corrected chi connectivity index (χ1v) is 7.60. The molecule has 0 radical (unpaired) electrons. The minimum Gasteiger partial charge on any atom is -0.395 e. The molecule has 0 fully saturated rings. The normalized spacial score (nSPS) is 9.75. The number of halogens is 1. The van der Waals surface area contributed by atoms with Crippen LogP contribution in [-0.2, 0) is 0 Å². The molecule has 0 heterocycles. The second-order valence-corrected chi connectivity index (χ2v) is 5.18. The van der Waals surface area contributed by atoms with Gasteiger partial charge in [-0.2, -0.15) is 0 Å². The summed E-state index contributed by atoms with van der Waals surface area (Å²) in [6.07, 6.45) is 0. The number of non-ortho nitro benzene ring substituents is 1. The zero-order valence-corrected chi connectivity index (χ0v) is 13.5. The van der Waals surface area contributed by atoms with E-state index >= 15 is 0 Å². The van der Waals surface area contributed by atoms with E-state index in [2.05, 4.69) is 22.5 Å². The number of nitrogens with zero attached hydrogens (tertiary/aromatic N) is 1. The SMILES string of the molecule is O=[N+]([O-])c1ccc(NCCO)c(NCC#Cc2ccccc2Cl)c1. The maximum Gasteiger partial charge on any atom is 0.271 e. The predicted molar refractivity (Wildman–Crippen MR) is 95.5 cm³/mol. The summed E-state index contributed by atoms with van der Waals surface area (Å²) in [6, 6.07) is 11.7. The summed E-state index contributed by atoms with van der Waals surface area (Å²) < 4.78 is 0. The van der Waals surface area contributed by atoms with Crippen LogP contribution in [0.2, 0.25) is 5.02 Å². The highest BCUT2D eigenvalue weighted by molar-refractivity contribution is 6.31. The van der Waals surface area contributed by atoms with Gasteiger partial charge in [0, 0.05) is 24.2 Å². The number of aliphatic hydroxyl groups is 1. The van der Waals surface area contributed by atoms with E-state index in [1.54, 1.807) is 12.1 Å². The summed E-state index contributed by atoms with van der Waals surface area (Å²) in [7, 11) is 0. The number of benzene rings is 2. The summed E-state index contributed by atoms with van der Waals surface area (Å²) in [5.74, 6) is 5.87. The summed E-state index contributed by atoms with van der Waals surface area (Å²) in [5, 5.41) is 26.4. The standard InChI is InChI=1S/C17H16ClN3O3/c18-15-6-2-1-4-13(15)5-3-9-19-17-12-14(21(23)24)7-8-16(17)20-10-11-22/h1-2,4,6-8,12,19-20,22H,9-11H2. The van der Waals surface area contributed by atoms with Crippen molar-refractivity contribution < 1.29 is 10.0 Å². The summed E-state index contributed by atoms with van der Waals surface area (Å²) in [4.78, 5) is 10.4. The molecule has 7 heteroatoms. The quantitative estimate of drug-likeness (QED) is 0.425. The fraction of sp³-hybridized carbons (Fsp3) is 0.176. The smallest absolute Gasteiger partial charge is 0.271 e. The molecule has 2 rings (SSSR count). The molecule has 0 bridgehead atoms. The van der Waals surface area contributed by atoms with E-state index in [1.165, 1.54) is 12.1 Å². The van der Waals surface area contributed by atoms with Crippen molar-refractivity contribution in [3.63, 3.8) is 0 Å². The van der Waals surface area contributed by atoms with Crippen LogP contribution < -0.4 is 10.6 Å². The molecule has 0 atom stereocenters. The van der Waals surface area contributed by atoms with Crippen LogP contribution in [0.5, 0.6) is 0 Å². The number of nitro groups is 1. The molecule has 0 aliphatic rings. The van der Waals surface area contributed by atoms with Gasteiger partial charge in [0.25, 0.3) is 5.69 Å². The molecular formula is C17H16ClN3O3. The van der Waals surface area contributed by atoms with E-state index in [-0.39, 0.29) is 12.3 Å². The van der Waals surface area contributed by atoms with E-state index in [4.69, 9.17) is 16.7 Å². The van der Waals surface area contributed by atoms with Crippen molar-refractivity contribution in [1.82, 2.24) is 0 Å². The molecule has 0 unspecified atom stereocenters. The Kier molecular flexibility index (Phi) is 6.43. The number of nitro benzene ring substituents is 1. The molecule has 124 valence electrons. The van der Waals surface area contributed by atoms with Crippen LogP contribution in [0.3, 0.4) is 0 Å². The molecule has 0 amide bonds. The van der Waals surface area contributed by atoms with Gasteiger partial charge < -0.3 is 15.7 Å². The van der Waals surface area contributed by atoms with Crippen LogP contribution in [0.4, 0.5) is 17.1 Å². The Balaban J connectivity index is 2.11. The lowest BCUT2D eigenvalue weighted by Gasteiger charge is -2.11. The summed E-state index contributed by atoms with van der Waals surface area (Å²) in [6.45, 7) is 0.598. The predicted octanol–water partition coefficient (Wildman–Crippen LogP) is 3.12. The largest absolute Gasteiger partial charge is 0.395 e. The van der Waals surface area contributed by atoms with Gasteiger partial charge in [0.2, 0.25) is 0 Å². The van der Waals surface area contributed by atoms with Gasteiger partial charge in [0.1, 0.15) is 0 Å². The topological polar surface area (TPSA) is 87.4 Å². The van der Waals surface area contributed by atoms with Crippen molar-refractivity contribution in [2.45, 2.75) is 0 Å². The van der Waals surface area contributed by atoms with Crippen molar-refractivity contribution in [2.24, 2.45) is 0 Å². The molecule has 0 spiro atoms. The molecule has 2 aromatic rings. The third-order valence-corrected chi connectivity index (χ3v) is 3.43. The second kappa shape index (κ2) is 8.77. The van der Waals surface area contributed by atoms with Crippen molar-refractivity contribution >= 4 is 28.7 Å². The van der Waals surface area contributed by atoms with Crippen molar-refractivity contribution in [2.75, 3.05) is 30.3 Å². The van der Waals surface area contributed by atoms with Gasteiger partial charge in [-0.1, -0.05) is 35.6 Å². The molecule has 2 aromatic carbocycles. The third kappa shape index (κ3) is 4.88. The second-order valence-electron chi connectivity index (χ2n) is 4.77. The van der Waals surface area contributed by atoms with Gasteiger partial charge in [0.15, 0.2) is 0 Å². The maximum absolute atomic E-state index is 10.9. The Morgan fingerprint density at radius 2 is 1.96 bits per heavy atom. The third-order valence-electron chi connectivity index (χ3n) is 3.11. The highest BCUT2D eigenvalue weighted by Gasteiger charge is 2.10. The van der Waals surface area contributed by atoms with E-state index in [0.717, 1.165) is 5.56 Å². The van der Waals surface area contributed by atoms with E-state index in [0.29, 0.717) is 29.5 Å². The molecule has 0 aliphatic carbocycles. The fourth-order valence-electron chi connectivity index (χ4n) is 1.98. The highest BCUT2D eigenvalue weighted by Crippen LogP contribution is 2.26. The Hall–Kier alpha value is -2.75. The molecule has 0 aliphatic heterocycles. The number of rotatable bonds is 6. The summed E-state index contributed by atoms with van der Waals surface area (Å²) in [5.41, 5.74) is 1.91. The lowest BCUT2D eigenvalue weighted by molar-refractivity contribution is -0.384. The van der Waals surface area contributed by atoms with E-state index < -0.39 is 4.92 Å². The van der Waals surface area contributed by atoms with Crippen LogP contribution in [-0.4, -0.2) is 29.7 Å². The summed E-state index contributed by atoms with van der Waals surface area (Å²) >= 11 is 6.03. The lowest BCUT2D eigenvalue weighted by Crippen LogP contribution is -2.09. The average molecular weight is 346 g/mol. The van der Waals surface area contributed by atoms with Crippen LogP contribution in [0.15, 0.2) is 42.5 Å².